The first kappa shape index (κ1) is 13.2. The number of carbonyl (C=O) groups excluding carboxylic acids is 2. The molecule has 2 rings (SSSR count). The molecule has 0 bridgehead atoms. The van der Waals surface area contributed by atoms with E-state index in [4.69, 9.17) is 0 Å². The Morgan fingerprint density at radius 3 is 2.74 bits per heavy atom. The number of rotatable bonds is 5. The zero-order chi connectivity index (χ0) is 13.7. The number of anilines is 2. The van der Waals surface area contributed by atoms with Crippen molar-refractivity contribution in [2.75, 3.05) is 17.3 Å². The first-order valence-electron chi connectivity index (χ1n) is 5.99. The summed E-state index contributed by atoms with van der Waals surface area (Å²) >= 11 is 0. The maximum atomic E-state index is 11.8. The highest BCUT2D eigenvalue weighted by molar-refractivity contribution is 5.99. The fourth-order valence-electron chi connectivity index (χ4n) is 1.45. The molecule has 2 N–H and O–H groups in total. The summed E-state index contributed by atoms with van der Waals surface area (Å²) in [6.07, 6.45) is 5.53. The second kappa shape index (κ2) is 6.08. The van der Waals surface area contributed by atoms with Gasteiger partial charge in [0.05, 0.1) is 11.9 Å². The Bertz CT molecular complexity index is 495. The molecule has 1 saturated carbocycles. The number of amides is 2. The van der Waals surface area contributed by atoms with Crippen molar-refractivity contribution in [1.29, 1.82) is 0 Å². The highest BCUT2D eigenvalue weighted by atomic mass is 19.1. The molecular weight excluding hydrogens is 249 g/mol. The van der Waals surface area contributed by atoms with Gasteiger partial charge in [-0.25, -0.2) is 9.37 Å². The summed E-state index contributed by atoms with van der Waals surface area (Å²) in [5.74, 6) is 0.130. The van der Waals surface area contributed by atoms with Crippen molar-refractivity contribution in [2.45, 2.75) is 12.8 Å². The average molecular weight is 263 g/mol. The zero-order valence-corrected chi connectivity index (χ0v) is 10.2. The van der Waals surface area contributed by atoms with E-state index in [2.05, 4.69) is 15.6 Å². The van der Waals surface area contributed by atoms with Crippen molar-refractivity contribution in [3.8, 4) is 0 Å². The van der Waals surface area contributed by atoms with Gasteiger partial charge in [0, 0.05) is 12.0 Å². The molecule has 19 heavy (non-hydrogen) atoms. The van der Waals surface area contributed by atoms with Crippen LogP contribution in [0.1, 0.15) is 12.8 Å². The fraction of sp³-hybridized carbons (Fsp3) is 0.308. The number of halogens is 1. The van der Waals surface area contributed by atoms with Gasteiger partial charge in [0.2, 0.25) is 11.8 Å². The van der Waals surface area contributed by atoms with Gasteiger partial charge in [-0.15, -0.1) is 0 Å². The monoisotopic (exact) mass is 263 g/mol. The third kappa shape index (κ3) is 4.17. The second-order valence-corrected chi connectivity index (χ2v) is 4.24. The summed E-state index contributed by atoms with van der Waals surface area (Å²) < 4.78 is 11.8. The molecule has 1 aliphatic rings. The van der Waals surface area contributed by atoms with Crippen LogP contribution in [0.5, 0.6) is 0 Å². The maximum Gasteiger partial charge on any atom is 0.248 e. The summed E-state index contributed by atoms with van der Waals surface area (Å²) in [6.45, 7) is -0.683. The van der Waals surface area contributed by atoms with Crippen LogP contribution < -0.4 is 10.6 Å². The lowest BCUT2D eigenvalue weighted by Crippen LogP contribution is -2.14. The molecule has 0 unspecified atom stereocenters. The largest absolute Gasteiger partial charge is 0.321 e. The van der Waals surface area contributed by atoms with E-state index in [0.29, 0.717) is 11.5 Å². The molecule has 1 aromatic rings. The minimum Gasteiger partial charge on any atom is -0.321 e. The van der Waals surface area contributed by atoms with Gasteiger partial charge in [-0.3, -0.25) is 9.59 Å². The van der Waals surface area contributed by atoms with E-state index in [1.807, 2.05) is 0 Å². The normalized spacial score (nSPS) is 14.4. The van der Waals surface area contributed by atoms with Crippen LogP contribution in [0.25, 0.3) is 0 Å². The van der Waals surface area contributed by atoms with Crippen LogP contribution in [0.3, 0.4) is 0 Å². The SMILES string of the molecule is O=C(/C=C/CF)Nc1ccc(NC(=O)C2CC2)nc1. The van der Waals surface area contributed by atoms with Crippen LogP contribution in [-0.4, -0.2) is 23.5 Å². The van der Waals surface area contributed by atoms with Crippen molar-refractivity contribution in [2.24, 2.45) is 5.92 Å². The Kier molecular flexibility index (Phi) is 4.22. The molecule has 1 heterocycles. The molecular formula is C13H14FN3O2. The molecule has 5 nitrogen and oxygen atoms in total. The molecule has 0 atom stereocenters. The van der Waals surface area contributed by atoms with Gasteiger partial charge in [0.25, 0.3) is 0 Å². The molecule has 6 heteroatoms. The maximum absolute atomic E-state index is 11.8. The lowest BCUT2D eigenvalue weighted by Gasteiger charge is -2.05. The van der Waals surface area contributed by atoms with Gasteiger partial charge < -0.3 is 10.6 Å². The number of nitrogens with one attached hydrogen (secondary N) is 2. The van der Waals surface area contributed by atoms with Crippen LogP contribution in [0, 0.1) is 5.92 Å². The minimum atomic E-state index is -0.683. The summed E-state index contributed by atoms with van der Waals surface area (Å²) in [6, 6.07) is 3.23. The predicted molar refractivity (Wildman–Crippen MR) is 69.3 cm³/mol. The van der Waals surface area contributed by atoms with Crippen molar-refractivity contribution < 1.29 is 14.0 Å². The average Bonchev–Trinajstić information content (AvgIpc) is 3.23. The quantitative estimate of drug-likeness (QED) is 0.797. The van der Waals surface area contributed by atoms with Gasteiger partial charge in [-0.05, 0) is 31.1 Å². The Morgan fingerprint density at radius 1 is 1.37 bits per heavy atom. The van der Waals surface area contributed by atoms with Crippen LogP contribution in [0.2, 0.25) is 0 Å². The zero-order valence-electron chi connectivity index (χ0n) is 10.2. The van der Waals surface area contributed by atoms with Gasteiger partial charge in [0.1, 0.15) is 12.5 Å². The molecule has 0 aliphatic heterocycles. The molecule has 0 aromatic carbocycles. The third-order valence-electron chi connectivity index (χ3n) is 2.59. The van der Waals surface area contributed by atoms with Gasteiger partial charge in [0.15, 0.2) is 0 Å². The Morgan fingerprint density at radius 2 is 2.16 bits per heavy atom. The lowest BCUT2D eigenvalue weighted by molar-refractivity contribution is -0.117. The van der Waals surface area contributed by atoms with Gasteiger partial charge in [-0.2, -0.15) is 0 Å². The molecule has 0 saturated heterocycles. The Labute approximate surface area is 109 Å². The molecule has 1 fully saturated rings. The third-order valence-corrected chi connectivity index (χ3v) is 2.59. The van der Waals surface area contributed by atoms with Crippen molar-refractivity contribution in [1.82, 2.24) is 4.98 Å². The molecule has 0 spiro atoms. The van der Waals surface area contributed by atoms with Crippen LogP contribution in [-0.2, 0) is 9.59 Å². The Hall–Kier alpha value is -2.24. The first-order valence-corrected chi connectivity index (χ1v) is 5.99. The van der Waals surface area contributed by atoms with Gasteiger partial charge in [-0.1, -0.05) is 0 Å². The second-order valence-electron chi connectivity index (χ2n) is 4.24. The number of nitrogens with zero attached hydrogens (tertiary/aromatic N) is 1. The summed E-state index contributed by atoms with van der Waals surface area (Å²) in [5.41, 5.74) is 0.484. The van der Waals surface area contributed by atoms with E-state index in [1.54, 1.807) is 12.1 Å². The number of hydrogen-bond acceptors (Lipinski definition) is 3. The van der Waals surface area contributed by atoms with Crippen LogP contribution in [0.15, 0.2) is 30.5 Å². The lowest BCUT2D eigenvalue weighted by atomic mass is 10.3. The number of allylic oxidation sites excluding steroid dienone is 1. The fourth-order valence-corrected chi connectivity index (χ4v) is 1.45. The van der Waals surface area contributed by atoms with Crippen molar-refractivity contribution >= 4 is 23.3 Å². The summed E-state index contributed by atoms with van der Waals surface area (Å²) in [4.78, 5) is 26.8. The minimum absolute atomic E-state index is 0.0184. The number of aromatic nitrogens is 1. The van der Waals surface area contributed by atoms with E-state index >= 15 is 0 Å². The highest BCUT2D eigenvalue weighted by Crippen LogP contribution is 2.29. The molecule has 2 amide bonds. The number of hydrogen-bond donors (Lipinski definition) is 2. The smallest absolute Gasteiger partial charge is 0.248 e. The number of alkyl halides is 1. The van der Waals surface area contributed by atoms with Crippen LogP contribution >= 0.6 is 0 Å². The highest BCUT2D eigenvalue weighted by Gasteiger charge is 2.29. The predicted octanol–water partition coefficient (Wildman–Crippen LogP) is 1.89. The topological polar surface area (TPSA) is 71.1 Å². The van der Waals surface area contributed by atoms with Crippen molar-refractivity contribution in [3.63, 3.8) is 0 Å². The Balaban J connectivity index is 1.88. The van der Waals surface area contributed by atoms with E-state index < -0.39 is 12.6 Å². The standard InChI is InChI=1S/C13H14FN3O2/c14-7-1-2-12(18)16-10-5-6-11(15-8-10)17-13(19)9-3-4-9/h1-2,5-6,8-9H,3-4,7H2,(H,16,18)(H,15,17,19)/b2-1+. The number of pyridine rings is 1. The molecule has 100 valence electrons. The van der Waals surface area contributed by atoms with Crippen molar-refractivity contribution in [3.05, 3.63) is 30.5 Å². The molecule has 0 radical (unpaired) electrons. The molecule has 1 aromatic heterocycles. The van der Waals surface area contributed by atoms with Gasteiger partial charge >= 0.3 is 0 Å². The van der Waals surface area contributed by atoms with E-state index in [1.165, 1.54) is 6.20 Å². The first-order chi connectivity index (χ1) is 9.19. The number of carbonyl (C=O) groups is 2. The van der Waals surface area contributed by atoms with E-state index in [9.17, 15) is 14.0 Å². The van der Waals surface area contributed by atoms with E-state index in [0.717, 1.165) is 25.0 Å². The summed E-state index contributed by atoms with van der Waals surface area (Å²) in [7, 11) is 0. The van der Waals surface area contributed by atoms with Crippen LogP contribution in [0.4, 0.5) is 15.9 Å². The molecule has 1 aliphatic carbocycles. The van der Waals surface area contributed by atoms with E-state index in [-0.39, 0.29) is 11.8 Å². The summed E-state index contributed by atoms with van der Waals surface area (Å²) in [5, 5.41) is 5.22.